The van der Waals surface area contributed by atoms with Gasteiger partial charge in [-0.2, -0.15) is 0 Å². The zero-order valence-corrected chi connectivity index (χ0v) is 14.6. The van der Waals surface area contributed by atoms with E-state index in [0.717, 1.165) is 19.5 Å². The molecule has 0 saturated carbocycles. The number of carbonyl (C=O) groups is 2. The molecule has 7 heteroatoms. The molecule has 2 amide bonds. The summed E-state index contributed by atoms with van der Waals surface area (Å²) < 4.78 is 12.8. The standard InChI is InChI=1S/C17H24FN3O2.ClH/c1-12-8-10-19-11-15(12)21-16(22)3-2-9-20-17(23)13-4-6-14(18)7-5-13;/h4-7,12,15,19H,2-3,8-11H2,1H3,(H,20,23)(H,21,22);1H. The number of halogens is 2. The van der Waals surface area contributed by atoms with E-state index < -0.39 is 0 Å². The minimum absolute atomic E-state index is 0. The first-order chi connectivity index (χ1) is 11.1. The van der Waals surface area contributed by atoms with Crippen LogP contribution < -0.4 is 16.0 Å². The van der Waals surface area contributed by atoms with Crippen LogP contribution in [-0.4, -0.2) is 37.5 Å². The first-order valence-electron chi connectivity index (χ1n) is 8.10. The zero-order chi connectivity index (χ0) is 16.7. The second-order valence-electron chi connectivity index (χ2n) is 6.01. The maximum absolute atomic E-state index is 12.8. The maximum atomic E-state index is 12.8. The molecule has 2 atom stereocenters. The number of hydrogen-bond acceptors (Lipinski definition) is 3. The van der Waals surface area contributed by atoms with Crippen molar-refractivity contribution in [1.29, 1.82) is 0 Å². The summed E-state index contributed by atoms with van der Waals surface area (Å²) in [6.45, 7) is 4.38. The van der Waals surface area contributed by atoms with Gasteiger partial charge in [0.25, 0.3) is 5.91 Å². The Bertz CT molecular complexity index is 539. The summed E-state index contributed by atoms with van der Waals surface area (Å²) in [5.41, 5.74) is 0.415. The van der Waals surface area contributed by atoms with E-state index >= 15 is 0 Å². The van der Waals surface area contributed by atoms with Crippen LogP contribution in [0.2, 0.25) is 0 Å². The fraction of sp³-hybridized carbons (Fsp3) is 0.529. The van der Waals surface area contributed by atoms with Gasteiger partial charge in [0, 0.05) is 31.1 Å². The average molecular weight is 358 g/mol. The molecule has 1 aromatic carbocycles. The van der Waals surface area contributed by atoms with Crippen molar-refractivity contribution in [2.75, 3.05) is 19.6 Å². The fourth-order valence-electron chi connectivity index (χ4n) is 2.62. The Labute approximate surface area is 148 Å². The van der Waals surface area contributed by atoms with Crippen LogP contribution in [0.15, 0.2) is 24.3 Å². The van der Waals surface area contributed by atoms with E-state index in [9.17, 15) is 14.0 Å². The van der Waals surface area contributed by atoms with Gasteiger partial charge in [0.15, 0.2) is 0 Å². The molecule has 134 valence electrons. The SMILES string of the molecule is CC1CCNCC1NC(=O)CCCNC(=O)c1ccc(F)cc1.Cl. The second-order valence-corrected chi connectivity index (χ2v) is 6.01. The minimum atomic E-state index is -0.371. The number of carbonyl (C=O) groups excluding carboxylic acids is 2. The van der Waals surface area contributed by atoms with Crippen LogP contribution in [0.25, 0.3) is 0 Å². The van der Waals surface area contributed by atoms with Crippen LogP contribution >= 0.6 is 12.4 Å². The third-order valence-corrected chi connectivity index (χ3v) is 4.15. The summed E-state index contributed by atoms with van der Waals surface area (Å²) in [6, 6.07) is 5.57. The molecule has 1 saturated heterocycles. The molecule has 0 aliphatic carbocycles. The molecule has 24 heavy (non-hydrogen) atoms. The van der Waals surface area contributed by atoms with Gasteiger partial charge in [-0.25, -0.2) is 4.39 Å². The molecule has 1 fully saturated rings. The van der Waals surface area contributed by atoms with Crippen molar-refractivity contribution in [3.63, 3.8) is 0 Å². The van der Waals surface area contributed by atoms with Gasteiger partial charge in [0.1, 0.15) is 5.82 Å². The molecule has 0 bridgehead atoms. The van der Waals surface area contributed by atoms with E-state index in [4.69, 9.17) is 0 Å². The molecule has 3 N–H and O–H groups in total. The summed E-state index contributed by atoms with van der Waals surface area (Å²) in [6.07, 6.45) is 2.03. The van der Waals surface area contributed by atoms with Gasteiger partial charge < -0.3 is 16.0 Å². The van der Waals surface area contributed by atoms with Gasteiger partial charge in [0.05, 0.1) is 0 Å². The van der Waals surface area contributed by atoms with Crippen molar-refractivity contribution in [2.24, 2.45) is 5.92 Å². The van der Waals surface area contributed by atoms with Gasteiger partial charge in [-0.1, -0.05) is 6.92 Å². The Morgan fingerprint density at radius 2 is 2.00 bits per heavy atom. The Morgan fingerprint density at radius 1 is 1.29 bits per heavy atom. The van der Waals surface area contributed by atoms with Gasteiger partial charge in [-0.05, 0) is 49.6 Å². The highest BCUT2D eigenvalue weighted by Gasteiger charge is 2.22. The number of hydrogen-bond donors (Lipinski definition) is 3. The predicted molar refractivity (Wildman–Crippen MR) is 93.8 cm³/mol. The molecule has 5 nitrogen and oxygen atoms in total. The van der Waals surface area contributed by atoms with Crippen molar-refractivity contribution in [3.8, 4) is 0 Å². The van der Waals surface area contributed by atoms with Crippen LogP contribution in [0, 0.1) is 11.7 Å². The van der Waals surface area contributed by atoms with E-state index in [1.165, 1.54) is 24.3 Å². The van der Waals surface area contributed by atoms with Crippen molar-refractivity contribution in [2.45, 2.75) is 32.2 Å². The largest absolute Gasteiger partial charge is 0.352 e. The van der Waals surface area contributed by atoms with Gasteiger partial charge in [-0.3, -0.25) is 9.59 Å². The Hall–Kier alpha value is -1.66. The molecule has 1 aliphatic heterocycles. The fourth-order valence-corrected chi connectivity index (χ4v) is 2.62. The highest BCUT2D eigenvalue weighted by atomic mass is 35.5. The Balaban J connectivity index is 0.00000288. The maximum Gasteiger partial charge on any atom is 0.251 e. The van der Waals surface area contributed by atoms with E-state index in [1.54, 1.807) is 0 Å². The molecule has 0 aromatic heterocycles. The number of amides is 2. The molecule has 1 aliphatic rings. The number of piperidine rings is 1. The first-order valence-corrected chi connectivity index (χ1v) is 8.10. The van der Waals surface area contributed by atoms with Crippen molar-refractivity contribution < 1.29 is 14.0 Å². The van der Waals surface area contributed by atoms with Crippen LogP contribution in [0.3, 0.4) is 0 Å². The second kappa shape index (κ2) is 10.3. The van der Waals surface area contributed by atoms with Crippen molar-refractivity contribution >= 4 is 24.2 Å². The summed E-state index contributed by atoms with van der Waals surface area (Å²) in [5, 5.41) is 9.05. The topological polar surface area (TPSA) is 70.2 Å². The van der Waals surface area contributed by atoms with Crippen LogP contribution in [0.5, 0.6) is 0 Å². The normalized spacial score (nSPS) is 19.9. The van der Waals surface area contributed by atoms with Crippen LogP contribution in [-0.2, 0) is 4.79 Å². The smallest absolute Gasteiger partial charge is 0.251 e. The summed E-state index contributed by atoms with van der Waals surface area (Å²) in [5.74, 6) is -0.125. The lowest BCUT2D eigenvalue weighted by Crippen LogP contribution is -2.50. The average Bonchev–Trinajstić information content (AvgIpc) is 2.54. The van der Waals surface area contributed by atoms with E-state index in [0.29, 0.717) is 30.9 Å². The number of nitrogens with one attached hydrogen (secondary N) is 3. The van der Waals surface area contributed by atoms with Crippen molar-refractivity contribution in [3.05, 3.63) is 35.6 Å². The van der Waals surface area contributed by atoms with E-state index in [1.807, 2.05) is 0 Å². The molecule has 0 radical (unpaired) electrons. The summed E-state index contributed by atoms with van der Waals surface area (Å²) >= 11 is 0. The Kier molecular flexibility index (Phi) is 8.71. The molecule has 2 unspecified atom stereocenters. The highest BCUT2D eigenvalue weighted by molar-refractivity contribution is 5.94. The third-order valence-electron chi connectivity index (χ3n) is 4.15. The lowest BCUT2D eigenvalue weighted by atomic mass is 9.95. The number of rotatable bonds is 6. The third kappa shape index (κ3) is 6.45. The lowest BCUT2D eigenvalue weighted by Gasteiger charge is -2.30. The molecule has 0 spiro atoms. The molecule has 1 heterocycles. The highest BCUT2D eigenvalue weighted by Crippen LogP contribution is 2.11. The Morgan fingerprint density at radius 3 is 2.67 bits per heavy atom. The monoisotopic (exact) mass is 357 g/mol. The summed E-state index contributed by atoms with van der Waals surface area (Å²) in [4.78, 5) is 23.7. The molecular formula is C17H25ClFN3O2. The zero-order valence-electron chi connectivity index (χ0n) is 13.8. The van der Waals surface area contributed by atoms with Gasteiger partial charge in [0.2, 0.25) is 5.91 Å². The number of benzene rings is 1. The van der Waals surface area contributed by atoms with E-state index in [-0.39, 0.29) is 36.1 Å². The molecule has 2 rings (SSSR count). The first kappa shape index (κ1) is 20.4. The van der Waals surface area contributed by atoms with Crippen LogP contribution in [0.1, 0.15) is 36.5 Å². The lowest BCUT2D eigenvalue weighted by molar-refractivity contribution is -0.122. The quantitative estimate of drug-likeness (QED) is 0.681. The van der Waals surface area contributed by atoms with Gasteiger partial charge in [-0.15, -0.1) is 12.4 Å². The molecular weight excluding hydrogens is 333 g/mol. The van der Waals surface area contributed by atoms with Crippen molar-refractivity contribution in [1.82, 2.24) is 16.0 Å². The van der Waals surface area contributed by atoms with E-state index in [2.05, 4.69) is 22.9 Å². The van der Waals surface area contributed by atoms with Crippen LogP contribution in [0.4, 0.5) is 4.39 Å². The minimum Gasteiger partial charge on any atom is -0.352 e. The summed E-state index contributed by atoms with van der Waals surface area (Å²) in [7, 11) is 0. The van der Waals surface area contributed by atoms with Gasteiger partial charge >= 0.3 is 0 Å². The predicted octanol–water partition coefficient (Wildman–Crippen LogP) is 1.87. The molecule has 1 aromatic rings.